The summed E-state index contributed by atoms with van der Waals surface area (Å²) < 4.78 is 49.3. The Balaban J connectivity index is 1.54. The van der Waals surface area contributed by atoms with E-state index in [9.17, 15) is 4.57 Å². The molecule has 3 saturated heterocycles. The van der Waals surface area contributed by atoms with Crippen molar-refractivity contribution in [1.29, 1.82) is 0 Å². The van der Waals surface area contributed by atoms with Crippen LogP contribution < -0.4 is 10.0 Å². The molecule has 3 heterocycles. The maximum atomic E-state index is 13.8. The van der Waals surface area contributed by atoms with Gasteiger partial charge in [0, 0.05) is 0 Å². The van der Waals surface area contributed by atoms with Crippen LogP contribution in [0.3, 0.4) is 0 Å². The highest BCUT2D eigenvalue weighted by atomic mass is 31.2. The molecule has 7 nitrogen and oxygen atoms in total. The number of ether oxygens (including phenoxy) is 4. The molecule has 1 unspecified atom stereocenters. The van der Waals surface area contributed by atoms with Crippen molar-refractivity contribution < 1.29 is 32.6 Å². The Morgan fingerprint density at radius 1 is 0.897 bits per heavy atom. The van der Waals surface area contributed by atoms with Crippen molar-refractivity contribution in [3.05, 3.63) is 60.2 Å². The van der Waals surface area contributed by atoms with E-state index in [-0.39, 0.29) is 0 Å². The average molecular weight is 418 g/mol. The van der Waals surface area contributed by atoms with Gasteiger partial charge in [-0.1, -0.05) is 30.3 Å². The zero-order chi connectivity index (χ0) is 20.2. The second-order valence-corrected chi connectivity index (χ2v) is 9.70. The summed E-state index contributed by atoms with van der Waals surface area (Å²) in [7, 11) is -2.01. The van der Waals surface area contributed by atoms with E-state index in [0.29, 0.717) is 5.30 Å². The van der Waals surface area contributed by atoms with E-state index in [0.717, 1.165) is 11.3 Å². The van der Waals surface area contributed by atoms with Crippen molar-refractivity contribution in [2.75, 3.05) is 7.11 Å². The molecular weight excluding hydrogens is 395 g/mol. The van der Waals surface area contributed by atoms with Crippen molar-refractivity contribution in [2.45, 2.75) is 50.3 Å². The summed E-state index contributed by atoms with van der Waals surface area (Å²) in [4.78, 5) is 0. The van der Waals surface area contributed by atoms with Gasteiger partial charge in [-0.3, -0.25) is 13.6 Å². The Morgan fingerprint density at radius 3 is 2.31 bits per heavy atom. The molecule has 3 aliphatic rings. The minimum atomic E-state index is -3.61. The smallest absolute Gasteiger partial charge is 0.362 e. The van der Waals surface area contributed by atoms with Crippen LogP contribution in [0.4, 0.5) is 0 Å². The molecule has 29 heavy (non-hydrogen) atoms. The van der Waals surface area contributed by atoms with Crippen LogP contribution in [0.15, 0.2) is 54.6 Å². The monoisotopic (exact) mass is 418 g/mol. The van der Waals surface area contributed by atoms with Gasteiger partial charge in [-0.05, 0) is 43.7 Å². The van der Waals surface area contributed by atoms with Crippen molar-refractivity contribution in [2.24, 2.45) is 0 Å². The Bertz CT molecular complexity index is 930. The van der Waals surface area contributed by atoms with Crippen LogP contribution in [0.5, 0.6) is 5.75 Å². The standard InChI is InChI=1S/C21H23O7P/c1-21(2)25-19-18-17(24-20(19)26-21)16(13-9-11-14(23-3)12-10-13)27-29(22,28-18)15-7-5-4-6-8-15/h4-12,16-20H,1-3H3/t16-,17-,18+,19-,20-,29?/m1/s1. The van der Waals surface area contributed by atoms with Crippen LogP contribution >= 0.6 is 7.60 Å². The molecule has 0 aromatic heterocycles. The molecule has 0 aliphatic carbocycles. The van der Waals surface area contributed by atoms with Crippen molar-refractivity contribution in [3.63, 3.8) is 0 Å². The Kier molecular flexibility index (Phi) is 4.59. The Morgan fingerprint density at radius 2 is 1.62 bits per heavy atom. The second-order valence-electron chi connectivity index (χ2n) is 7.77. The number of fused-ring (bicyclic) bond motifs is 3. The highest BCUT2D eigenvalue weighted by Crippen LogP contribution is 2.61. The van der Waals surface area contributed by atoms with E-state index < -0.39 is 44.1 Å². The van der Waals surface area contributed by atoms with Crippen molar-refractivity contribution >= 4 is 12.9 Å². The van der Waals surface area contributed by atoms with Gasteiger partial charge < -0.3 is 18.9 Å². The minimum Gasteiger partial charge on any atom is -0.497 e. The lowest BCUT2D eigenvalue weighted by Crippen LogP contribution is -2.44. The van der Waals surface area contributed by atoms with Crippen LogP contribution in [-0.2, 0) is 27.8 Å². The molecule has 3 fully saturated rings. The van der Waals surface area contributed by atoms with Crippen molar-refractivity contribution in [1.82, 2.24) is 0 Å². The van der Waals surface area contributed by atoms with Gasteiger partial charge in [-0.15, -0.1) is 0 Å². The zero-order valence-corrected chi connectivity index (χ0v) is 17.3. The van der Waals surface area contributed by atoms with Gasteiger partial charge in [-0.2, -0.15) is 0 Å². The van der Waals surface area contributed by atoms with Crippen LogP contribution in [0.2, 0.25) is 0 Å². The molecule has 0 radical (unpaired) electrons. The molecule has 3 aliphatic heterocycles. The number of hydrogen-bond acceptors (Lipinski definition) is 7. The van der Waals surface area contributed by atoms with Gasteiger partial charge in [0.2, 0.25) is 0 Å². The lowest BCUT2D eigenvalue weighted by molar-refractivity contribution is -0.229. The molecule has 5 rings (SSSR count). The second kappa shape index (κ2) is 6.91. The zero-order valence-electron chi connectivity index (χ0n) is 16.4. The van der Waals surface area contributed by atoms with E-state index in [1.165, 1.54) is 0 Å². The molecule has 8 heteroatoms. The fourth-order valence-corrected chi connectivity index (χ4v) is 5.97. The number of benzene rings is 2. The Hall–Kier alpha value is -1.73. The van der Waals surface area contributed by atoms with Crippen LogP contribution in [-0.4, -0.2) is 37.5 Å². The van der Waals surface area contributed by atoms with E-state index in [1.54, 1.807) is 19.2 Å². The maximum Gasteiger partial charge on any atom is 0.362 e. The summed E-state index contributed by atoms with van der Waals surface area (Å²) in [6.07, 6.45) is -2.80. The molecule has 0 amide bonds. The molecule has 0 saturated carbocycles. The highest BCUT2D eigenvalue weighted by molar-refractivity contribution is 7.62. The van der Waals surface area contributed by atoms with Gasteiger partial charge in [0.15, 0.2) is 12.1 Å². The summed E-state index contributed by atoms with van der Waals surface area (Å²) in [5.74, 6) is -0.0739. The molecule has 2 aromatic rings. The summed E-state index contributed by atoms with van der Waals surface area (Å²) in [6, 6.07) is 16.4. The largest absolute Gasteiger partial charge is 0.497 e. The van der Waals surface area contributed by atoms with E-state index in [1.807, 2.05) is 56.3 Å². The maximum absolute atomic E-state index is 13.8. The molecule has 0 spiro atoms. The SMILES string of the molecule is COc1ccc([C@H]2OP(=O)(c3ccccc3)O[C@@H]3[C@H]4OC(C)(C)O[C@H]4O[C@@H]32)cc1. The van der Waals surface area contributed by atoms with Crippen molar-refractivity contribution in [3.8, 4) is 5.75 Å². The number of hydrogen-bond donors (Lipinski definition) is 0. The fraction of sp³-hybridized carbons (Fsp3) is 0.429. The summed E-state index contributed by atoms with van der Waals surface area (Å²) in [5, 5.41) is 0.499. The minimum absolute atomic E-state index is 0.489. The van der Waals surface area contributed by atoms with Gasteiger partial charge in [-0.25, -0.2) is 0 Å². The third-order valence-electron chi connectivity index (χ3n) is 5.35. The van der Waals surface area contributed by atoms with Gasteiger partial charge in [0.05, 0.1) is 12.4 Å². The van der Waals surface area contributed by atoms with E-state index >= 15 is 0 Å². The third kappa shape index (κ3) is 3.32. The normalized spacial score (nSPS) is 37.7. The molecule has 0 N–H and O–H groups in total. The topological polar surface area (TPSA) is 72.5 Å². The molecule has 6 atom stereocenters. The van der Waals surface area contributed by atoms with Crippen LogP contribution in [0, 0.1) is 0 Å². The first-order valence-corrected chi connectivity index (χ1v) is 11.1. The van der Waals surface area contributed by atoms with Gasteiger partial charge in [0.1, 0.15) is 30.2 Å². The molecular formula is C21H23O7P. The lowest BCUT2D eigenvalue weighted by atomic mass is 9.99. The summed E-state index contributed by atoms with van der Waals surface area (Å²) in [6.45, 7) is 3.64. The van der Waals surface area contributed by atoms with Gasteiger partial charge in [0.25, 0.3) is 0 Å². The highest BCUT2D eigenvalue weighted by Gasteiger charge is 2.62. The van der Waals surface area contributed by atoms with Crippen LogP contribution in [0.25, 0.3) is 0 Å². The quantitative estimate of drug-likeness (QED) is 0.706. The fourth-order valence-electron chi connectivity index (χ4n) is 4.04. The number of rotatable bonds is 3. The average Bonchev–Trinajstić information content (AvgIpc) is 3.20. The first kappa shape index (κ1) is 19.2. The van der Waals surface area contributed by atoms with E-state index in [2.05, 4.69) is 0 Å². The molecule has 2 aromatic carbocycles. The Labute approximate surface area is 169 Å². The molecule has 154 valence electrons. The number of methoxy groups -OCH3 is 1. The van der Waals surface area contributed by atoms with E-state index in [4.69, 9.17) is 28.0 Å². The summed E-state index contributed by atoms with van der Waals surface area (Å²) >= 11 is 0. The van der Waals surface area contributed by atoms with Crippen LogP contribution in [0.1, 0.15) is 25.5 Å². The first-order chi connectivity index (χ1) is 13.9. The third-order valence-corrected chi connectivity index (χ3v) is 7.31. The lowest BCUT2D eigenvalue weighted by Gasteiger charge is -2.39. The first-order valence-electron chi connectivity index (χ1n) is 9.56. The summed E-state index contributed by atoms with van der Waals surface area (Å²) in [5.41, 5.74) is 0.819. The van der Waals surface area contributed by atoms with Gasteiger partial charge >= 0.3 is 7.60 Å². The predicted octanol–water partition coefficient (Wildman–Crippen LogP) is 3.55. The molecule has 0 bridgehead atoms. The predicted molar refractivity (Wildman–Crippen MR) is 104 cm³/mol.